The summed E-state index contributed by atoms with van der Waals surface area (Å²) in [5.74, 6) is -2.65. The molecule has 0 aliphatic rings. The summed E-state index contributed by atoms with van der Waals surface area (Å²) in [4.78, 5) is 22.4. The highest BCUT2D eigenvalue weighted by Crippen LogP contribution is 1.90. The van der Waals surface area contributed by atoms with Crippen LogP contribution in [0.25, 0.3) is 0 Å². The molecule has 0 aromatic carbocycles. The second-order valence-corrected chi connectivity index (χ2v) is 3.20. The van der Waals surface area contributed by atoms with Crippen LogP contribution in [-0.2, 0) is 16.6 Å². The minimum atomic E-state index is -2.38. The third-order valence-electron chi connectivity index (χ3n) is 1.91. The van der Waals surface area contributed by atoms with Gasteiger partial charge < -0.3 is 25.2 Å². The van der Waals surface area contributed by atoms with Gasteiger partial charge >= 0.3 is 5.97 Å². The topological polar surface area (TPSA) is 138 Å². The standard InChI is InChI=1S/C5H8N2.C4H6O6/c1-5-6-3-4-7(5)2;5-1(3(7)8)2(6)4(9)10/h3-4H,1-2H3;1-2,5-6H,(H,7,8)(H,9,10)/t;1-,2-/m.0/s1. The molecule has 0 saturated heterocycles. The molecule has 1 aromatic heterocycles. The van der Waals surface area contributed by atoms with Gasteiger partial charge in [0, 0.05) is 6.92 Å². The van der Waals surface area contributed by atoms with Crippen LogP contribution in [0, 0.1) is 6.92 Å². The summed E-state index contributed by atoms with van der Waals surface area (Å²) in [7, 11) is 2.01. The number of carboxylic acids is 2. The largest absolute Gasteiger partial charge is 0.547 e. The summed E-state index contributed by atoms with van der Waals surface area (Å²) >= 11 is 0. The number of carbonyl (C=O) groups excluding carboxylic acids is 1. The van der Waals surface area contributed by atoms with E-state index in [1.54, 1.807) is 0 Å². The molecule has 17 heavy (non-hydrogen) atoms. The minimum absolute atomic E-state index is 1.18. The van der Waals surface area contributed by atoms with Gasteiger partial charge in [0.15, 0.2) is 6.10 Å². The average molecular weight is 246 g/mol. The molecule has 1 heterocycles. The summed E-state index contributed by atoms with van der Waals surface area (Å²) in [6.45, 7) is 2.03. The van der Waals surface area contributed by atoms with Gasteiger partial charge in [0.25, 0.3) is 5.82 Å². The quantitative estimate of drug-likeness (QED) is 0.412. The lowest BCUT2D eigenvalue weighted by Crippen LogP contribution is -2.46. The number of carbonyl (C=O) groups is 2. The van der Waals surface area contributed by atoms with E-state index in [9.17, 15) is 14.7 Å². The van der Waals surface area contributed by atoms with Crippen LogP contribution >= 0.6 is 0 Å². The Kier molecular flexibility index (Phi) is 5.86. The molecule has 4 N–H and O–H groups in total. The summed E-state index contributed by atoms with van der Waals surface area (Å²) in [5.41, 5.74) is 0. The summed E-state index contributed by atoms with van der Waals surface area (Å²) in [6, 6.07) is 0. The number of aromatic amines is 1. The van der Waals surface area contributed by atoms with E-state index in [1.165, 1.54) is 5.82 Å². The van der Waals surface area contributed by atoms with Crippen LogP contribution in [0.1, 0.15) is 5.82 Å². The first-order chi connectivity index (χ1) is 7.77. The lowest BCUT2D eigenvalue weighted by atomic mass is 10.2. The molecule has 1 rings (SSSR count). The van der Waals surface area contributed by atoms with Crippen LogP contribution in [0.5, 0.6) is 0 Å². The molecule has 0 bridgehead atoms. The number of nitrogens with one attached hydrogen (secondary N) is 1. The Morgan fingerprint density at radius 2 is 1.94 bits per heavy atom. The van der Waals surface area contributed by atoms with Gasteiger partial charge in [-0.15, -0.1) is 0 Å². The molecular weight excluding hydrogens is 232 g/mol. The molecule has 0 fully saturated rings. The van der Waals surface area contributed by atoms with Crippen molar-refractivity contribution in [2.24, 2.45) is 7.05 Å². The van der Waals surface area contributed by atoms with Gasteiger partial charge in [-0.2, -0.15) is 0 Å². The Balaban J connectivity index is 0.000000318. The van der Waals surface area contributed by atoms with Crippen molar-refractivity contribution in [2.45, 2.75) is 19.1 Å². The Morgan fingerprint density at radius 3 is 2.06 bits per heavy atom. The maximum absolute atomic E-state index is 9.74. The molecule has 0 saturated carbocycles. The fourth-order valence-corrected chi connectivity index (χ4v) is 0.747. The van der Waals surface area contributed by atoms with Gasteiger partial charge in [-0.25, -0.2) is 14.3 Å². The highest BCUT2D eigenvalue weighted by Gasteiger charge is 2.23. The monoisotopic (exact) mass is 246 g/mol. The molecule has 0 radical (unpaired) electrons. The highest BCUT2D eigenvalue weighted by molar-refractivity contribution is 5.81. The molecule has 0 aliphatic heterocycles. The van der Waals surface area contributed by atoms with Crippen molar-refractivity contribution < 1.29 is 34.6 Å². The van der Waals surface area contributed by atoms with E-state index in [4.69, 9.17) is 15.3 Å². The van der Waals surface area contributed by atoms with E-state index in [-0.39, 0.29) is 0 Å². The Hall–Kier alpha value is -1.93. The average Bonchev–Trinajstić information content (AvgIpc) is 2.61. The molecule has 0 amide bonds. The third-order valence-corrected chi connectivity index (χ3v) is 1.91. The number of aliphatic hydroxyl groups is 2. The molecular formula is C9H14N2O6. The van der Waals surface area contributed by atoms with Crippen LogP contribution < -0.4 is 9.67 Å². The number of carboxylic acid groups (broad SMARTS) is 2. The van der Waals surface area contributed by atoms with Crippen molar-refractivity contribution in [3.63, 3.8) is 0 Å². The molecule has 0 aliphatic carbocycles. The van der Waals surface area contributed by atoms with Gasteiger partial charge in [-0.05, 0) is 0 Å². The Morgan fingerprint density at radius 1 is 1.41 bits per heavy atom. The minimum Gasteiger partial charge on any atom is -0.547 e. The van der Waals surface area contributed by atoms with E-state index < -0.39 is 24.1 Å². The van der Waals surface area contributed by atoms with Gasteiger partial charge in [0.2, 0.25) is 0 Å². The number of hydrogen-bond acceptors (Lipinski definition) is 5. The van der Waals surface area contributed by atoms with E-state index >= 15 is 0 Å². The van der Waals surface area contributed by atoms with Crippen molar-refractivity contribution in [1.82, 2.24) is 4.98 Å². The first kappa shape index (κ1) is 15.1. The van der Waals surface area contributed by atoms with E-state index in [0.29, 0.717) is 0 Å². The maximum Gasteiger partial charge on any atom is 0.335 e. The first-order valence-electron chi connectivity index (χ1n) is 4.56. The van der Waals surface area contributed by atoms with Crippen LogP contribution in [0.3, 0.4) is 0 Å². The van der Waals surface area contributed by atoms with Gasteiger partial charge in [0.05, 0.1) is 13.0 Å². The lowest BCUT2D eigenvalue weighted by molar-refractivity contribution is -0.676. The number of imidazole rings is 1. The summed E-state index contributed by atoms with van der Waals surface area (Å²) in [5, 5.41) is 34.1. The highest BCUT2D eigenvalue weighted by atomic mass is 16.4. The Labute approximate surface area is 96.8 Å². The molecule has 8 nitrogen and oxygen atoms in total. The second-order valence-electron chi connectivity index (χ2n) is 3.20. The van der Waals surface area contributed by atoms with Gasteiger partial charge in [0.1, 0.15) is 18.5 Å². The first-order valence-corrected chi connectivity index (χ1v) is 4.56. The zero-order valence-electron chi connectivity index (χ0n) is 9.32. The number of H-pyrrole nitrogens is 1. The molecule has 2 atom stereocenters. The normalized spacial score (nSPS) is 13.2. The molecule has 96 valence electrons. The molecule has 8 heteroatoms. The molecule has 1 aromatic rings. The zero-order valence-corrected chi connectivity index (χ0v) is 9.32. The lowest BCUT2D eigenvalue weighted by Gasteiger charge is -2.13. The van der Waals surface area contributed by atoms with Crippen LogP contribution in [0.2, 0.25) is 0 Å². The zero-order chi connectivity index (χ0) is 13.6. The maximum atomic E-state index is 9.74. The summed E-state index contributed by atoms with van der Waals surface area (Å²) < 4.78 is 2.03. The van der Waals surface area contributed by atoms with E-state index in [2.05, 4.69) is 4.98 Å². The van der Waals surface area contributed by atoms with E-state index in [1.807, 2.05) is 30.9 Å². The van der Waals surface area contributed by atoms with Crippen molar-refractivity contribution in [3.05, 3.63) is 18.2 Å². The predicted molar refractivity (Wildman–Crippen MR) is 51.4 cm³/mol. The number of aromatic nitrogens is 2. The number of aliphatic hydroxyl groups excluding tert-OH is 2. The predicted octanol–water partition coefficient (Wildman–Crippen LogP) is -3.31. The van der Waals surface area contributed by atoms with Crippen molar-refractivity contribution in [2.75, 3.05) is 0 Å². The number of hydrogen-bond donors (Lipinski definition) is 4. The second kappa shape index (κ2) is 6.61. The summed E-state index contributed by atoms with van der Waals surface area (Å²) in [6.07, 6.45) is -0.813. The fourth-order valence-electron chi connectivity index (χ4n) is 0.747. The number of nitrogens with zero attached hydrogens (tertiary/aromatic N) is 1. The van der Waals surface area contributed by atoms with Gasteiger partial charge in [-0.1, -0.05) is 0 Å². The Bertz CT molecular complexity index is 354. The number of aliphatic carboxylic acids is 2. The van der Waals surface area contributed by atoms with Crippen molar-refractivity contribution >= 4 is 11.9 Å². The fraction of sp³-hybridized carbons (Fsp3) is 0.444. The van der Waals surface area contributed by atoms with Crippen LogP contribution in [-0.4, -0.2) is 44.5 Å². The van der Waals surface area contributed by atoms with Crippen LogP contribution in [0.4, 0.5) is 0 Å². The number of rotatable bonds is 3. The SMILES string of the molecule is Cc1[nH]cc[n+]1C.O=C([O-])[C@@H](O)[C@H](O)C(=O)O. The molecule has 0 unspecified atom stereocenters. The van der Waals surface area contributed by atoms with E-state index in [0.717, 1.165) is 0 Å². The third kappa shape index (κ3) is 5.09. The smallest absolute Gasteiger partial charge is 0.335 e. The molecule has 0 spiro atoms. The van der Waals surface area contributed by atoms with Gasteiger partial charge in [-0.3, -0.25) is 0 Å². The number of aryl methyl sites for hydroxylation is 2. The van der Waals surface area contributed by atoms with Crippen molar-refractivity contribution in [3.8, 4) is 0 Å². The van der Waals surface area contributed by atoms with Crippen molar-refractivity contribution in [1.29, 1.82) is 0 Å². The van der Waals surface area contributed by atoms with Crippen LogP contribution in [0.15, 0.2) is 12.4 Å².